The molecule has 1 saturated heterocycles. The number of morpholine rings is 1. The summed E-state index contributed by atoms with van der Waals surface area (Å²) in [4.78, 5) is 24.0. The van der Waals surface area contributed by atoms with Crippen LogP contribution < -0.4 is 10.2 Å². The lowest BCUT2D eigenvalue weighted by Crippen LogP contribution is -2.45. The number of rotatable bonds is 4. The van der Waals surface area contributed by atoms with E-state index in [0.717, 1.165) is 40.8 Å². The van der Waals surface area contributed by atoms with E-state index in [4.69, 9.17) is 4.74 Å². The second-order valence-electron chi connectivity index (χ2n) is 8.55. The first-order valence-corrected chi connectivity index (χ1v) is 11.0. The summed E-state index contributed by atoms with van der Waals surface area (Å²) in [6.45, 7) is 5.58. The molecule has 0 unspecified atom stereocenters. The molecule has 1 amide bonds. The maximum Gasteiger partial charge on any atom is 0.257 e. The zero-order valence-corrected chi connectivity index (χ0v) is 18.9. The fourth-order valence-corrected chi connectivity index (χ4v) is 4.25. The molecular formula is C25H26N6O2. The highest BCUT2D eigenvalue weighted by atomic mass is 16.5. The van der Waals surface area contributed by atoms with Crippen molar-refractivity contribution >= 4 is 28.3 Å². The smallest absolute Gasteiger partial charge is 0.257 e. The molecule has 0 saturated carbocycles. The third-order valence-electron chi connectivity index (χ3n) is 5.75. The summed E-state index contributed by atoms with van der Waals surface area (Å²) < 4.78 is 7.58. The fourth-order valence-electron chi connectivity index (χ4n) is 4.25. The molecule has 1 aliphatic rings. The van der Waals surface area contributed by atoms with E-state index in [1.165, 1.54) is 0 Å². The van der Waals surface area contributed by atoms with Crippen LogP contribution in [0.5, 0.6) is 0 Å². The lowest BCUT2D eigenvalue weighted by Gasteiger charge is -2.36. The van der Waals surface area contributed by atoms with Crippen LogP contribution in [0.25, 0.3) is 21.9 Å². The van der Waals surface area contributed by atoms with Gasteiger partial charge in [-0.25, -0.2) is 9.97 Å². The number of fused-ring (bicyclic) bond motifs is 1. The first kappa shape index (κ1) is 21.1. The average molecular weight is 443 g/mol. The second-order valence-corrected chi connectivity index (χ2v) is 8.55. The summed E-state index contributed by atoms with van der Waals surface area (Å²) in [6.07, 6.45) is 7.48. The SMILES string of the molecule is C[C@@H]1CN(c2cc(C(=O)Nc3cc4cc(-c5cnn(C)c5)ccc4cn3)ccn2)C[C@H](C)O1. The van der Waals surface area contributed by atoms with Crippen molar-refractivity contribution in [3.63, 3.8) is 0 Å². The van der Waals surface area contributed by atoms with E-state index < -0.39 is 0 Å². The predicted octanol–water partition coefficient (Wildman–Crippen LogP) is 3.90. The number of anilines is 2. The van der Waals surface area contributed by atoms with Crippen molar-refractivity contribution in [2.24, 2.45) is 7.05 Å². The van der Waals surface area contributed by atoms with Gasteiger partial charge in [0.15, 0.2) is 0 Å². The van der Waals surface area contributed by atoms with E-state index in [1.807, 2.05) is 57.6 Å². The number of nitrogens with zero attached hydrogens (tertiary/aromatic N) is 5. The van der Waals surface area contributed by atoms with Gasteiger partial charge in [0.2, 0.25) is 0 Å². The van der Waals surface area contributed by atoms with Gasteiger partial charge < -0.3 is 15.0 Å². The highest BCUT2D eigenvalue weighted by molar-refractivity contribution is 6.05. The van der Waals surface area contributed by atoms with Gasteiger partial charge in [0, 0.05) is 55.2 Å². The molecule has 1 aromatic carbocycles. The number of carbonyl (C=O) groups is 1. The maximum atomic E-state index is 13.0. The van der Waals surface area contributed by atoms with Crippen LogP contribution in [-0.2, 0) is 11.8 Å². The van der Waals surface area contributed by atoms with Crippen molar-refractivity contribution in [2.75, 3.05) is 23.3 Å². The van der Waals surface area contributed by atoms with Gasteiger partial charge in [-0.2, -0.15) is 5.10 Å². The van der Waals surface area contributed by atoms with Crippen molar-refractivity contribution in [2.45, 2.75) is 26.1 Å². The monoisotopic (exact) mass is 442 g/mol. The van der Waals surface area contributed by atoms with Crippen LogP contribution in [0.1, 0.15) is 24.2 Å². The van der Waals surface area contributed by atoms with E-state index in [1.54, 1.807) is 23.1 Å². The molecule has 168 valence electrons. The van der Waals surface area contributed by atoms with Gasteiger partial charge in [-0.15, -0.1) is 0 Å². The number of carbonyl (C=O) groups excluding carboxylic acids is 1. The minimum Gasteiger partial charge on any atom is -0.372 e. The van der Waals surface area contributed by atoms with E-state index in [2.05, 4.69) is 31.3 Å². The Bertz CT molecular complexity index is 1310. The number of aromatic nitrogens is 4. The number of pyridine rings is 2. The number of benzene rings is 1. The zero-order valence-electron chi connectivity index (χ0n) is 18.9. The van der Waals surface area contributed by atoms with E-state index in [0.29, 0.717) is 11.4 Å². The quantitative estimate of drug-likeness (QED) is 0.516. The number of hydrogen-bond acceptors (Lipinski definition) is 6. The molecule has 1 aliphatic heterocycles. The van der Waals surface area contributed by atoms with Crippen molar-refractivity contribution in [3.05, 3.63) is 66.7 Å². The Morgan fingerprint density at radius 1 is 1.00 bits per heavy atom. The van der Waals surface area contributed by atoms with Crippen LogP contribution in [0.2, 0.25) is 0 Å². The van der Waals surface area contributed by atoms with Gasteiger partial charge in [0.25, 0.3) is 5.91 Å². The van der Waals surface area contributed by atoms with Gasteiger partial charge in [0.05, 0.1) is 18.4 Å². The van der Waals surface area contributed by atoms with E-state index >= 15 is 0 Å². The minimum absolute atomic E-state index is 0.117. The molecule has 8 heteroatoms. The van der Waals surface area contributed by atoms with Gasteiger partial charge in [-0.3, -0.25) is 9.48 Å². The van der Waals surface area contributed by atoms with Crippen LogP contribution in [0.4, 0.5) is 11.6 Å². The predicted molar refractivity (Wildman–Crippen MR) is 128 cm³/mol. The molecule has 1 N–H and O–H groups in total. The molecule has 4 aromatic rings. The van der Waals surface area contributed by atoms with Gasteiger partial charge in [-0.1, -0.05) is 12.1 Å². The van der Waals surface area contributed by atoms with Gasteiger partial charge in [0.1, 0.15) is 11.6 Å². The van der Waals surface area contributed by atoms with Crippen LogP contribution in [-0.4, -0.2) is 51.0 Å². The van der Waals surface area contributed by atoms with Crippen LogP contribution >= 0.6 is 0 Å². The molecule has 0 aliphatic carbocycles. The summed E-state index contributed by atoms with van der Waals surface area (Å²) in [5, 5.41) is 9.16. The third kappa shape index (κ3) is 4.56. The molecule has 1 fully saturated rings. The lowest BCUT2D eigenvalue weighted by atomic mass is 10.1. The molecule has 0 spiro atoms. The summed E-state index contributed by atoms with van der Waals surface area (Å²) in [5.41, 5.74) is 2.64. The van der Waals surface area contributed by atoms with Gasteiger partial charge in [-0.05, 0) is 49.1 Å². The van der Waals surface area contributed by atoms with Crippen molar-refractivity contribution in [1.29, 1.82) is 0 Å². The first-order valence-electron chi connectivity index (χ1n) is 11.0. The van der Waals surface area contributed by atoms with Crippen LogP contribution in [0.3, 0.4) is 0 Å². The van der Waals surface area contributed by atoms with Crippen molar-refractivity contribution < 1.29 is 9.53 Å². The molecule has 3 aromatic heterocycles. The third-order valence-corrected chi connectivity index (χ3v) is 5.75. The average Bonchev–Trinajstić information content (AvgIpc) is 3.24. The Morgan fingerprint density at radius 2 is 1.82 bits per heavy atom. The number of aryl methyl sites for hydroxylation is 1. The summed E-state index contributed by atoms with van der Waals surface area (Å²) in [6, 6.07) is 11.6. The molecule has 33 heavy (non-hydrogen) atoms. The fraction of sp³-hybridized carbons (Fsp3) is 0.280. The van der Waals surface area contributed by atoms with E-state index in [9.17, 15) is 4.79 Å². The highest BCUT2D eigenvalue weighted by Crippen LogP contribution is 2.25. The van der Waals surface area contributed by atoms with Gasteiger partial charge >= 0.3 is 0 Å². The normalized spacial score (nSPS) is 18.5. The second kappa shape index (κ2) is 8.63. The molecular weight excluding hydrogens is 416 g/mol. The highest BCUT2D eigenvalue weighted by Gasteiger charge is 2.23. The molecule has 8 nitrogen and oxygen atoms in total. The standard InChI is InChI=1S/C25H26N6O2/c1-16-13-31(14-17(2)33-16)24-10-19(6-7-26-24)25(32)29-23-9-21-8-18(4-5-20(21)11-27-23)22-12-28-30(3)15-22/h4-12,15-17H,13-14H2,1-3H3,(H,27,29,32)/t16-,17+. The summed E-state index contributed by atoms with van der Waals surface area (Å²) in [5.74, 6) is 1.06. The van der Waals surface area contributed by atoms with Crippen molar-refractivity contribution in [1.82, 2.24) is 19.7 Å². The molecule has 0 bridgehead atoms. The number of hydrogen-bond donors (Lipinski definition) is 1. The molecule has 5 rings (SSSR count). The molecule has 0 radical (unpaired) electrons. The zero-order chi connectivity index (χ0) is 22.9. The van der Waals surface area contributed by atoms with E-state index in [-0.39, 0.29) is 18.1 Å². The van der Waals surface area contributed by atoms with Crippen LogP contribution in [0.15, 0.2) is 61.2 Å². The number of nitrogens with one attached hydrogen (secondary N) is 1. The summed E-state index contributed by atoms with van der Waals surface area (Å²) in [7, 11) is 1.90. The number of ether oxygens (including phenoxy) is 1. The Balaban J connectivity index is 1.36. The Labute approximate surface area is 192 Å². The molecule has 4 heterocycles. The number of amides is 1. The molecule has 2 atom stereocenters. The summed E-state index contributed by atoms with van der Waals surface area (Å²) >= 11 is 0. The van der Waals surface area contributed by atoms with Crippen molar-refractivity contribution in [3.8, 4) is 11.1 Å². The largest absolute Gasteiger partial charge is 0.372 e. The minimum atomic E-state index is -0.219. The Hall–Kier alpha value is -3.78. The Kier molecular flexibility index (Phi) is 5.51. The first-order chi connectivity index (χ1) is 15.9. The topological polar surface area (TPSA) is 85.2 Å². The maximum absolute atomic E-state index is 13.0. The Morgan fingerprint density at radius 3 is 2.58 bits per heavy atom. The lowest BCUT2D eigenvalue weighted by molar-refractivity contribution is -0.00545. The van der Waals surface area contributed by atoms with Crippen LogP contribution in [0, 0.1) is 0 Å².